The third-order valence-electron chi connectivity index (χ3n) is 5.83. The second kappa shape index (κ2) is 7.98. The number of aromatic nitrogens is 1. The lowest BCUT2D eigenvalue weighted by Gasteiger charge is -2.40. The number of anilines is 1. The molecule has 2 saturated heterocycles. The molecule has 4 rings (SSSR count). The van der Waals surface area contributed by atoms with Gasteiger partial charge in [0.25, 0.3) is 0 Å². The zero-order valence-corrected chi connectivity index (χ0v) is 16.7. The molecule has 0 atom stereocenters. The number of nitrogens with zero attached hydrogens (tertiary/aromatic N) is 3. The summed E-state index contributed by atoms with van der Waals surface area (Å²) >= 11 is 1.67. The topological polar surface area (TPSA) is 45.7 Å². The Morgan fingerprint density at radius 2 is 1.89 bits per heavy atom. The number of carbonyl (C=O) groups is 1. The van der Waals surface area contributed by atoms with Gasteiger partial charge in [-0.25, -0.2) is 4.98 Å². The number of ether oxygens (including phenoxy) is 1. The van der Waals surface area contributed by atoms with Gasteiger partial charge in [0.05, 0.1) is 5.41 Å². The molecule has 2 aromatic rings. The molecule has 3 heterocycles. The molecule has 6 heteroatoms. The molecule has 0 saturated carbocycles. The van der Waals surface area contributed by atoms with E-state index in [1.165, 1.54) is 5.56 Å². The van der Waals surface area contributed by atoms with Crippen molar-refractivity contribution in [3.8, 4) is 0 Å². The molecule has 0 radical (unpaired) electrons. The van der Waals surface area contributed by atoms with Crippen LogP contribution in [0.4, 0.5) is 5.13 Å². The van der Waals surface area contributed by atoms with Crippen molar-refractivity contribution in [2.24, 2.45) is 0 Å². The van der Waals surface area contributed by atoms with Gasteiger partial charge < -0.3 is 14.5 Å². The molecule has 2 aliphatic heterocycles. The van der Waals surface area contributed by atoms with Crippen LogP contribution in [0, 0.1) is 6.92 Å². The van der Waals surface area contributed by atoms with Gasteiger partial charge in [0.15, 0.2) is 5.13 Å². The fourth-order valence-corrected chi connectivity index (χ4v) is 4.90. The van der Waals surface area contributed by atoms with E-state index >= 15 is 0 Å². The zero-order chi connectivity index (χ0) is 18.7. The van der Waals surface area contributed by atoms with E-state index in [2.05, 4.69) is 46.0 Å². The van der Waals surface area contributed by atoms with Crippen LogP contribution in [0.3, 0.4) is 0 Å². The molecule has 0 unspecified atom stereocenters. The molecule has 2 aliphatic rings. The zero-order valence-electron chi connectivity index (χ0n) is 15.9. The summed E-state index contributed by atoms with van der Waals surface area (Å²) in [5, 5.41) is 3.07. The number of benzene rings is 1. The van der Waals surface area contributed by atoms with Crippen molar-refractivity contribution in [1.82, 2.24) is 9.88 Å². The van der Waals surface area contributed by atoms with Gasteiger partial charge >= 0.3 is 0 Å². The van der Waals surface area contributed by atoms with Gasteiger partial charge in [0.2, 0.25) is 5.91 Å². The number of thiazole rings is 1. The molecule has 1 aromatic carbocycles. The summed E-state index contributed by atoms with van der Waals surface area (Å²) in [6.07, 6.45) is 4.36. The molecule has 1 amide bonds. The smallest absolute Gasteiger partial charge is 0.233 e. The summed E-state index contributed by atoms with van der Waals surface area (Å²) in [6, 6.07) is 8.51. The molecule has 0 N–H and O–H groups in total. The van der Waals surface area contributed by atoms with E-state index < -0.39 is 5.41 Å². The predicted molar refractivity (Wildman–Crippen MR) is 108 cm³/mol. The second-order valence-electron chi connectivity index (χ2n) is 7.51. The average Bonchev–Trinajstić information content (AvgIpc) is 3.13. The minimum atomic E-state index is -0.442. The van der Waals surface area contributed by atoms with E-state index in [9.17, 15) is 4.79 Å². The van der Waals surface area contributed by atoms with Crippen LogP contribution in [-0.2, 0) is 14.9 Å². The number of carbonyl (C=O) groups excluding carboxylic acids is 1. The first-order chi connectivity index (χ1) is 13.2. The fourth-order valence-electron chi connectivity index (χ4n) is 4.21. The van der Waals surface area contributed by atoms with Crippen molar-refractivity contribution in [2.45, 2.75) is 31.6 Å². The highest BCUT2D eigenvalue weighted by Crippen LogP contribution is 2.37. The van der Waals surface area contributed by atoms with Crippen LogP contribution in [-0.4, -0.2) is 55.2 Å². The van der Waals surface area contributed by atoms with Gasteiger partial charge in [-0.05, 0) is 31.7 Å². The van der Waals surface area contributed by atoms with Crippen LogP contribution in [0.25, 0.3) is 0 Å². The van der Waals surface area contributed by atoms with Crippen LogP contribution in [0.5, 0.6) is 0 Å². The quantitative estimate of drug-likeness (QED) is 0.814. The van der Waals surface area contributed by atoms with Crippen molar-refractivity contribution in [1.29, 1.82) is 0 Å². The Labute approximate surface area is 165 Å². The number of hydrogen-bond donors (Lipinski definition) is 0. The molecule has 0 spiro atoms. The molecular weight excluding hydrogens is 358 g/mol. The van der Waals surface area contributed by atoms with Gasteiger partial charge in [-0.1, -0.05) is 29.8 Å². The van der Waals surface area contributed by atoms with E-state index in [-0.39, 0.29) is 5.91 Å². The SMILES string of the molecule is Cc1ccc(C2(C(=O)N3CCCN(c4nccs4)CC3)CCOCC2)cc1. The Morgan fingerprint density at radius 1 is 1.11 bits per heavy atom. The summed E-state index contributed by atoms with van der Waals surface area (Å²) in [6.45, 7) is 6.77. The first-order valence-corrected chi connectivity index (χ1v) is 10.7. The standard InChI is InChI=1S/C21H27N3O2S/c1-17-3-5-18(6-4-17)21(7-14-26-15-8-21)19(25)23-10-2-11-24(13-12-23)20-22-9-16-27-20/h3-6,9,16H,2,7-8,10-15H2,1H3. The van der Waals surface area contributed by atoms with Crippen molar-refractivity contribution in [3.05, 3.63) is 47.0 Å². The molecule has 0 bridgehead atoms. The third kappa shape index (κ3) is 3.73. The Hall–Kier alpha value is -1.92. The minimum absolute atomic E-state index is 0.274. The van der Waals surface area contributed by atoms with Gasteiger partial charge in [-0.15, -0.1) is 11.3 Å². The Balaban J connectivity index is 1.55. The van der Waals surface area contributed by atoms with E-state index in [0.29, 0.717) is 13.2 Å². The molecule has 27 heavy (non-hydrogen) atoms. The minimum Gasteiger partial charge on any atom is -0.381 e. The highest BCUT2D eigenvalue weighted by molar-refractivity contribution is 7.13. The Bertz CT molecular complexity index is 754. The van der Waals surface area contributed by atoms with Crippen molar-refractivity contribution < 1.29 is 9.53 Å². The maximum Gasteiger partial charge on any atom is 0.233 e. The molecule has 5 nitrogen and oxygen atoms in total. The predicted octanol–water partition coefficient (Wildman–Crippen LogP) is 3.24. The monoisotopic (exact) mass is 385 g/mol. The number of aryl methyl sites for hydroxylation is 1. The average molecular weight is 386 g/mol. The maximum atomic E-state index is 13.7. The number of rotatable bonds is 3. The maximum absolute atomic E-state index is 13.7. The third-order valence-corrected chi connectivity index (χ3v) is 6.67. The Kier molecular flexibility index (Phi) is 5.45. The van der Waals surface area contributed by atoms with E-state index in [4.69, 9.17) is 4.74 Å². The van der Waals surface area contributed by atoms with Crippen molar-refractivity contribution in [3.63, 3.8) is 0 Å². The lowest BCUT2D eigenvalue weighted by Crippen LogP contribution is -2.50. The van der Waals surface area contributed by atoms with Crippen LogP contribution in [0.1, 0.15) is 30.4 Å². The summed E-state index contributed by atoms with van der Waals surface area (Å²) in [5.74, 6) is 0.274. The molecular formula is C21H27N3O2S. The summed E-state index contributed by atoms with van der Waals surface area (Å²) in [7, 11) is 0. The largest absolute Gasteiger partial charge is 0.381 e. The molecule has 2 fully saturated rings. The summed E-state index contributed by atoms with van der Waals surface area (Å²) in [5.41, 5.74) is 1.92. The first-order valence-electron chi connectivity index (χ1n) is 9.78. The Morgan fingerprint density at radius 3 is 2.59 bits per heavy atom. The van der Waals surface area contributed by atoms with Crippen molar-refractivity contribution in [2.75, 3.05) is 44.3 Å². The normalized spacial score (nSPS) is 20.3. The highest BCUT2D eigenvalue weighted by atomic mass is 32.1. The van der Waals surface area contributed by atoms with Gasteiger partial charge in [0, 0.05) is 51.0 Å². The molecule has 0 aliphatic carbocycles. The van der Waals surface area contributed by atoms with Gasteiger partial charge in [0.1, 0.15) is 0 Å². The van der Waals surface area contributed by atoms with Crippen LogP contribution >= 0.6 is 11.3 Å². The molecule has 144 valence electrons. The fraction of sp³-hybridized carbons (Fsp3) is 0.524. The van der Waals surface area contributed by atoms with Crippen LogP contribution < -0.4 is 4.90 Å². The second-order valence-corrected chi connectivity index (χ2v) is 8.38. The molecule has 1 aromatic heterocycles. The van der Waals surface area contributed by atoms with E-state index in [1.54, 1.807) is 11.3 Å². The van der Waals surface area contributed by atoms with Crippen LogP contribution in [0.15, 0.2) is 35.8 Å². The van der Waals surface area contributed by atoms with Crippen LogP contribution in [0.2, 0.25) is 0 Å². The summed E-state index contributed by atoms with van der Waals surface area (Å²) in [4.78, 5) is 22.6. The number of hydrogen-bond acceptors (Lipinski definition) is 5. The lowest BCUT2D eigenvalue weighted by molar-refractivity contribution is -0.141. The first kappa shape index (κ1) is 18.4. The van der Waals surface area contributed by atoms with Gasteiger partial charge in [-0.2, -0.15) is 0 Å². The highest BCUT2D eigenvalue weighted by Gasteiger charge is 2.44. The lowest BCUT2D eigenvalue weighted by atomic mass is 9.72. The van der Waals surface area contributed by atoms with Crippen molar-refractivity contribution >= 4 is 22.4 Å². The summed E-state index contributed by atoms with van der Waals surface area (Å²) < 4.78 is 5.61. The van der Waals surface area contributed by atoms with E-state index in [0.717, 1.165) is 56.1 Å². The number of amides is 1. The van der Waals surface area contributed by atoms with E-state index in [1.807, 2.05) is 11.6 Å². The van der Waals surface area contributed by atoms with Gasteiger partial charge in [-0.3, -0.25) is 4.79 Å².